The van der Waals surface area contributed by atoms with E-state index in [9.17, 15) is 14.4 Å². The Kier molecular flexibility index (Phi) is 5.12. The number of anilines is 1. The zero-order valence-corrected chi connectivity index (χ0v) is 17.8. The number of nitriles is 1. The lowest BCUT2D eigenvalue weighted by atomic mass is 9.76. The van der Waals surface area contributed by atoms with Gasteiger partial charge in [0.1, 0.15) is 11.6 Å². The van der Waals surface area contributed by atoms with Crippen molar-refractivity contribution in [2.45, 2.75) is 25.2 Å². The number of nitrogens with zero attached hydrogens (tertiary/aromatic N) is 4. The van der Waals surface area contributed by atoms with Gasteiger partial charge in [0.15, 0.2) is 5.78 Å². The smallest absolute Gasteiger partial charge is 0.161 e. The number of pyridine rings is 1. The molecule has 2 aliphatic rings. The molecule has 0 radical (unpaired) electrons. The minimum absolute atomic E-state index is 0.0117. The molecule has 158 valence electrons. The number of allylic oxidation sites excluding steroid dienone is 3. The summed E-state index contributed by atoms with van der Waals surface area (Å²) in [4.78, 5) is 19.3. The highest BCUT2D eigenvalue weighted by Crippen LogP contribution is 2.48. The van der Waals surface area contributed by atoms with Crippen LogP contribution in [0.2, 0.25) is 5.02 Å². The number of hydrogen-bond acceptors (Lipinski definition) is 4. The maximum atomic E-state index is 14.0. The zero-order valence-electron chi connectivity index (χ0n) is 17.0. The van der Waals surface area contributed by atoms with E-state index in [0.29, 0.717) is 41.9 Å². The van der Waals surface area contributed by atoms with Gasteiger partial charge in [-0.15, -0.1) is 0 Å². The molecule has 1 atom stereocenters. The number of halogens is 2. The first-order chi connectivity index (χ1) is 15.6. The number of carbonyl (C=O) groups excluding carboxylic acids is 1. The fourth-order valence-electron chi connectivity index (χ4n) is 4.56. The molecule has 1 aliphatic heterocycles. The van der Waals surface area contributed by atoms with Crippen molar-refractivity contribution >= 4 is 28.9 Å². The first-order valence-corrected chi connectivity index (χ1v) is 10.7. The second kappa shape index (κ2) is 8.10. The van der Waals surface area contributed by atoms with Gasteiger partial charge in [0, 0.05) is 48.2 Å². The lowest BCUT2D eigenvalue weighted by Gasteiger charge is -2.41. The van der Waals surface area contributed by atoms with Gasteiger partial charge in [-0.1, -0.05) is 17.7 Å². The molecule has 32 heavy (non-hydrogen) atoms. The van der Waals surface area contributed by atoms with Crippen LogP contribution < -0.4 is 4.90 Å². The predicted molar refractivity (Wildman–Crippen MR) is 120 cm³/mol. The van der Waals surface area contributed by atoms with Crippen molar-refractivity contribution in [3.63, 3.8) is 0 Å². The average Bonchev–Trinajstić information content (AvgIpc) is 3.35. The van der Waals surface area contributed by atoms with Crippen molar-refractivity contribution in [2.24, 2.45) is 0 Å². The van der Waals surface area contributed by atoms with E-state index in [4.69, 9.17) is 11.6 Å². The van der Waals surface area contributed by atoms with E-state index >= 15 is 0 Å². The Hall–Kier alpha value is -3.69. The van der Waals surface area contributed by atoms with Crippen LogP contribution in [0.4, 0.5) is 10.1 Å². The van der Waals surface area contributed by atoms with Gasteiger partial charge in [0.25, 0.3) is 0 Å². The molecule has 5 rings (SSSR count). The molecule has 1 unspecified atom stereocenters. The quantitative estimate of drug-likeness (QED) is 0.521. The number of rotatable bonds is 3. The Bertz CT molecular complexity index is 1310. The molecule has 1 aromatic carbocycles. The number of carbonyl (C=O) groups is 1. The molecule has 7 heteroatoms. The molecule has 0 saturated heterocycles. The topological polar surface area (TPSA) is 61.9 Å². The van der Waals surface area contributed by atoms with Gasteiger partial charge in [-0.25, -0.2) is 4.39 Å². The maximum absolute atomic E-state index is 14.0. The highest BCUT2D eigenvalue weighted by Gasteiger charge is 2.41. The predicted octanol–water partition coefficient (Wildman–Crippen LogP) is 5.68. The summed E-state index contributed by atoms with van der Waals surface area (Å²) in [5.41, 5.74) is 3.20. The second-order valence-electron chi connectivity index (χ2n) is 7.73. The molecule has 0 spiro atoms. The highest BCUT2D eigenvalue weighted by atomic mass is 35.5. The Morgan fingerprint density at radius 1 is 1.16 bits per heavy atom. The molecule has 3 aromatic rings. The molecule has 0 fully saturated rings. The molecule has 0 saturated carbocycles. The van der Waals surface area contributed by atoms with Gasteiger partial charge in [-0.3, -0.25) is 14.7 Å². The molecule has 2 aromatic heterocycles. The first kappa shape index (κ1) is 20.2. The standard InChI is InChI=1S/C25H18ClFN4O/c26-19-13-17(8-9-20(19)27)31-21-6-3-7-22(32)24(21)23(16-5-4-10-29-15-16)18(14-28)25(31)30-11-1-2-12-30/h1-2,4-5,8-13,15,23H,3,6-7H2. The number of aromatic nitrogens is 2. The van der Waals surface area contributed by atoms with E-state index in [0.717, 1.165) is 11.3 Å². The van der Waals surface area contributed by atoms with Gasteiger partial charge in [0.05, 0.1) is 22.6 Å². The fraction of sp³-hybridized carbons (Fsp3) is 0.160. The van der Waals surface area contributed by atoms with Crippen LogP contribution in [0.5, 0.6) is 0 Å². The summed E-state index contributed by atoms with van der Waals surface area (Å²) in [7, 11) is 0. The van der Waals surface area contributed by atoms with Crippen molar-refractivity contribution < 1.29 is 9.18 Å². The SMILES string of the molecule is N#CC1=C(n2cccc2)N(c2ccc(F)c(Cl)c2)C2=C(C(=O)CCC2)C1c1cccnc1. The summed E-state index contributed by atoms with van der Waals surface area (Å²) in [5.74, 6) is -0.442. The molecule has 1 aliphatic carbocycles. The van der Waals surface area contributed by atoms with E-state index in [1.54, 1.807) is 24.5 Å². The first-order valence-electron chi connectivity index (χ1n) is 10.3. The van der Waals surface area contributed by atoms with Gasteiger partial charge in [0.2, 0.25) is 0 Å². The lowest BCUT2D eigenvalue weighted by Crippen LogP contribution is -2.36. The lowest BCUT2D eigenvalue weighted by molar-refractivity contribution is -0.116. The third-order valence-electron chi connectivity index (χ3n) is 5.88. The fourth-order valence-corrected chi connectivity index (χ4v) is 4.73. The maximum Gasteiger partial charge on any atom is 0.161 e. The summed E-state index contributed by atoms with van der Waals surface area (Å²) >= 11 is 6.12. The van der Waals surface area contributed by atoms with E-state index < -0.39 is 11.7 Å². The van der Waals surface area contributed by atoms with Crippen LogP contribution in [-0.2, 0) is 4.79 Å². The Balaban J connectivity index is 1.85. The molecule has 0 bridgehead atoms. The molecular formula is C25H18ClFN4O. The van der Waals surface area contributed by atoms with Crippen molar-refractivity contribution in [1.29, 1.82) is 5.26 Å². The summed E-state index contributed by atoms with van der Waals surface area (Å²) < 4.78 is 15.8. The van der Waals surface area contributed by atoms with Gasteiger partial charge in [-0.2, -0.15) is 5.26 Å². The summed E-state index contributed by atoms with van der Waals surface area (Å²) in [6, 6.07) is 14.2. The number of Topliss-reactive ketones (excluding diaryl/α,β-unsaturated/α-hetero) is 1. The zero-order chi connectivity index (χ0) is 22.2. The van der Waals surface area contributed by atoms with Gasteiger partial charge < -0.3 is 4.57 Å². The number of hydrogen-bond donors (Lipinski definition) is 0. The molecule has 3 heterocycles. The summed E-state index contributed by atoms with van der Waals surface area (Å²) in [6.45, 7) is 0. The van der Waals surface area contributed by atoms with Crippen LogP contribution in [0.1, 0.15) is 30.7 Å². The van der Waals surface area contributed by atoms with E-state index in [-0.39, 0.29) is 10.8 Å². The largest absolute Gasteiger partial charge is 0.309 e. The molecule has 0 N–H and O–H groups in total. The Morgan fingerprint density at radius 3 is 2.66 bits per heavy atom. The monoisotopic (exact) mass is 444 g/mol. The van der Waals surface area contributed by atoms with Crippen molar-refractivity contribution in [1.82, 2.24) is 9.55 Å². The van der Waals surface area contributed by atoms with Crippen LogP contribution in [0, 0.1) is 17.1 Å². The number of benzene rings is 1. The molecular weight excluding hydrogens is 427 g/mol. The third-order valence-corrected chi connectivity index (χ3v) is 6.17. The van der Waals surface area contributed by atoms with Crippen LogP contribution in [0.15, 0.2) is 84.1 Å². The molecule has 5 nitrogen and oxygen atoms in total. The normalized spacial score (nSPS) is 18.6. The van der Waals surface area contributed by atoms with Gasteiger partial charge in [-0.05, 0) is 54.8 Å². The Labute approximate surface area is 189 Å². The molecule has 0 amide bonds. The highest BCUT2D eigenvalue weighted by molar-refractivity contribution is 6.31. The van der Waals surface area contributed by atoms with Gasteiger partial charge >= 0.3 is 0 Å². The second-order valence-corrected chi connectivity index (χ2v) is 8.14. The summed E-state index contributed by atoms with van der Waals surface area (Å²) in [6.07, 6.45) is 8.83. The van der Waals surface area contributed by atoms with E-state index in [1.807, 2.05) is 40.1 Å². The average molecular weight is 445 g/mol. The van der Waals surface area contributed by atoms with E-state index in [2.05, 4.69) is 11.1 Å². The van der Waals surface area contributed by atoms with Crippen LogP contribution in [-0.4, -0.2) is 15.3 Å². The minimum atomic E-state index is -0.527. The van der Waals surface area contributed by atoms with Crippen LogP contribution in [0.25, 0.3) is 5.82 Å². The summed E-state index contributed by atoms with van der Waals surface area (Å²) in [5, 5.41) is 10.3. The van der Waals surface area contributed by atoms with Crippen molar-refractivity contribution in [3.8, 4) is 6.07 Å². The van der Waals surface area contributed by atoms with Crippen LogP contribution >= 0.6 is 11.6 Å². The van der Waals surface area contributed by atoms with E-state index in [1.165, 1.54) is 12.1 Å². The Morgan fingerprint density at radius 2 is 1.97 bits per heavy atom. The third kappa shape index (κ3) is 3.22. The minimum Gasteiger partial charge on any atom is -0.309 e. The van der Waals surface area contributed by atoms with Crippen molar-refractivity contribution in [3.05, 3.63) is 100 Å². The van der Waals surface area contributed by atoms with Crippen molar-refractivity contribution in [2.75, 3.05) is 4.90 Å². The van der Waals surface area contributed by atoms with Crippen LogP contribution in [0.3, 0.4) is 0 Å². The number of ketones is 1.